The number of nitro benzene ring substituents is 1. The number of amides is 1. The number of alkyl carbamates (subject to hydrolysis) is 1. The van der Waals surface area contributed by atoms with Crippen LogP contribution in [0.5, 0.6) is 5.75 Å². The first-order chi connectivity index (χ1) is 15.5. The van der Waals surface area contributed by atoms with Crippen LogP contribution in [0.15, 0.2) is 48.5 Å². The number of carbonyl (C=O) groups is 3. The summed E-state index contributed by atoms with van der Waals surface area (Å²) in [7, 11) is -3.31. The lowest BCUT2D eigenvalue weighted by molar-refractivity contribution is -0.385. The predicted octanol–water partition coefficient (Wildman–Crippen LogP) is 2.13. The zero-order chi connectivity index (χ0) is 24.6. The fraction of sp³-hybridized carbons (Fsp3) is 0.250. The largest absolute Gasteiger partial charge is 0.502 e. The third kappa shape index (κ3) is 7.21. The van der Waals surface area contributed by atoms with E-state index >= 15 is 0 Å². The SMILES string of the molecule is COC(=O)[C@H](CC[P+](O)(O)C(=O)c1ccc(O)c([N+](=O)[O-])c1)NC(=O)OCc1ccccc1. The van der Waals surface area contributed by atoms with Crippen LogP contribution in [0, 0.1) is 10.1 Å². The predicted molar refractivity (Wildman–Crippen MR) is 115 cm³/mol. The van der Waals surface area contributed by atoms with E-state index in [1.165, 1.54) is 0 Å². The van der Waals surface area contributed by atoms with Crippen molar-refractivity contribution in [3.8, 4) is 5.75 Å². The van der Waals surface area contributed by atoms with Crippen LogP contribution in [-0.4, -0.2) is 56.7 Å². The maximum absolute atomic E-state index is 12.5. The van der Waals surface area contributed by atoms with Gasteiger partial charge in [0.1, 0.15) is 18.8 Å². The number of phenols is 1. The van der Waals surface area contributed by atoms with Crippen molar-refractivity contribution in [1.29, 1.82) is 0 Å². The van der Waals surface area contributed by atoms with Crippen molar-refractivity contribution >= 4 is 31.0 Å². The third-order valence-corrected chi connectivity index (χ3v) is 6.25. The summed E-state index contributed by atoms with van der Waals surface area (Å²) in [5, 5.41) is 22.7. The molecule has 4 N–H and O–H groups in total. The maximum Gasteiger partial charge on any atom is 0.408 e. The molecule has 0 unspecified atom stereocenters. The molecular weight excluding hydrogens is 459 g/mol. The van der Waals surface area contributed by atoms with Gasteiger partial charge in [0.05, 0.1) is 17.6 Å². The molecule has 12 nitrogen and oxygen atoms in total. The lowest BCUT2D eigenvalue weighted by Gasteiger charge is -2.17. The number of nitro groups is 1. The first-order valence-corrected chi connectivity index (χ1v) is 11.3. The molecule has 0 saturated carbocycles. The Morgan fingerprint density at radius 2 is 1.82 bits per heavy atom. The van der Waals surface area contributed by atoms with E-state index in [9.17, 15) is 39.4 Å². The van der Waals surface area contributed by atoms with Gasteiger partial charge in [0.2, 0.25) is 0 Å². The number of methoxy groups -OCH3 is 1. The minimum absolute atomic E-state index is 0.0738. The Kier molecular flexibility index (Phi) is 8.80. The summed E-state index contributed by atoms with van der Waals surface area (Å²) in [5.74, 6) is -1.60. The van der Waals surface area contributed by atoms with Crippen LogP contribution >= 0.6 is 7.72 Å². The van der Waals surface area contributed by atoms with E-state index in [2.05, 4.69) is 10.1 Å². The van der Waals surface area contributed by atoms with Crippen molar-refractivity contribution in [3.63, 3.8) is 0 Å². The van der Waals surface area contributed by atoms with E-state index < -0.39 is 59.4 Å². The van der Waals surface area contributed by atoms with Gasteiger partial charge >= 0.3 is 31.0 Å². The van der Waals surface area contributed by atoms with Gasteiger partial charge in [-0.15, -0.1) is 0 Å². The summed E-state index contributed by atoms with van der Waals surface area (Å²) in [6.07, 6.45) is -1.98. The van der Waals surface area contributed by atoms with E-state index in [-0.39, 0.29) is 13.0 Å². The zero-order valence-electron chi connectivity index (χ0n) is 17.4. The van der Waals surface area contributed by atoms with Crippen LogP contribution < -0.4 is 5.32 Å². The molecule has 176 valence electrons. The molecule has 2 aromatic rings. The molecule has 2 aromatic carbocycles. The fourth-order valence-corrected chi connectivity index (χ4v) is 4.09. The number of esters is 1. The van der Waals surface area contributed by atoms with Gasteiger partial charge in [0.15, 0.2) is 5.75 Å². The van der Waals surface area contributed by atoms with Crippen LogP contribution in [0.4, 0.5) is 10.5 Å². The lowest BCUT2D eigenvalue weighted by Crippen LogP contribution is -2.42. The number of aromatic hydroxyl groups is 1. The number of phenolic OH excluding ortho intramolecular Hbond substituents is 1. The second kappa shape index (κ2) is 11.3. The molecule has 0 spiro atoms. The highest BCUT2D eigenvalue weighted by molar-refractivity contribution is 7.81. The maximum atomic E-state index is 12.5. The quantitative estimate of drug-likeness (QED) is 0.169. The van der Waals surface area contributed by atoms with Crippen LogP contribution in [0.1, 0.15) is 22.3 Å². The summed E-state index contributed by atoms with van der Waals surface area (Å²) in [6.45, 7) is -0.0738. The van der Waals surface area contributed by atoms with Gasteiger partial charge < -0.3 is 19.9 Å². The molecule has 1 amide bonds. The van der Waals surface area contributed by atoms with Gasteiger partial charge in [-0.25, -0.2) is 24.2 Å². The molecule has 1 atom stereocenters. The van der Waals surface area contributed by atoms with E-state index in [1.54, 1.807) is 30.3 Å². The molecule has 0 aliphatic rings. The smallest absolute Gasteiger partial charge is 0.408 e. The van der Waals surface area contributed by atoms with E-state index in [0.29, 0.717) is 5.56 Å². The Morgan fingerprint density at radius 1 is 1.15 bits per heavy atom. The van der Waals surface area contributed by atoms with Gasteiger partial charge in [0, 0.05) is 12.5 Å². The number of ether oxygens (including phenoxy) is 2. The summed E-state index contributed by atoms with van der Waals surface area (Å²) >= 11 is 0. The summed E-state index contributed by atoms with van der Waals surface area (Å²) in [4.78, 5) is 67.2. The summed E-state index contributed by atoms with van der Waals surface area (Å²) in [6, 6.07) is 9.98. The average Bonchev–Trinajstić information content (AvgIpc) is 2.80. The van der Waals surface area contributed by atoms with E-state index in [1.807, 2.05) is 0 Å². The molecule has 0 saturated heterocycles. The standard InChI is InChI=1S/C20H21N2O10P/c1-31-18(24)15(21-20(26)32-12-13-5-3-2-4-6-13)9-10-33(29,30)19(25)14-7-8-17(23)16(11-14)22(27)28/h2-8,11,15,29-30H,9-10,12H2,1H3,(H-,21,23,25,26)/p+1/t15-/m0/s1. The highest BCUT2D eigenvalue weighted by atomic mass is 31.2. The molecule has 0 aliphatic carbocycles. The van der Waals surface area contributed by atoms with E-state index in [4.69, 9.17) is 4.74 Å². The van der Waals surface area contributed by atoms with Gasteiger partial charge in [0.25, 0.3) is 0 Å². The number of rotatable bonds is 10. The van der Waals surface area contributed by atoms with Crippen molar-refractivity contribution in [2.75, 3.05) is 13.3 Å². The van der Waals surface area contributed by atoms with Crippen LogP contribution in [-0.2, 0) is 20.9 Å². The Labute approximate surface area is 188 Å². The van der Waals surface area contributed by atoms with Gasteiger partial charge in [-0.1, -0.05) is 30.3 Å². The van der Waals surface area contributed by atoms with Crippen molar-refractivity contribution in [2.45, 2.75) is 19.1 Å². The Balaban J connectivity index is 2.04. The number of hydrogen-bond donors (Lipinski definition) is 4. The molecular formula is C20H22N2O10P+. The second-order valence-corrected chi connectivity index (χ2v) is 9.10. The van der Waals surface area contributed by atoms with Crippen molar-refractivity contribution in [1.82, 2.24) is 5.32 Å². The molecule has 0 radical (unpaired) electrons. The zero-order valence-corrected chi connectivity index (χ0v) is 18.3. The lowest BCUT2D eigenvalue weighted by atomic mass is 10.2. The number of nitrogens with zero attached hydrogens (tertiary/aromatic N) is 1. The van der Waals surface area contributed by atoms with Crippen LogP contribution in [0.3, 0.4) is 0 Å². The highest BCUT2D eigenvalue weighted by Crippen LogP contribution is 2.54. The topological polar surface area (TPSA) is 186 Å². The number of hydrogen-bond acceptors (Lipinski definition) is 10. The number of nitrogens with one attached hydrogen (secondary N) is 1. The van der Waals surface area contributed by atoms with E-state index in [0.717, 1.165) is 25.3 Å². The first kappa shape index (κ1) is 25.7. The highest BCUT2D eigenvalue weighted by Gasteiger charge is 2.46. The third-order valence-electron chi connectivity index (χ3n) is 4.46. The number of carbonyl (C=O) groups excluding carboxylic acids is 3. The molecule has 0 heterocycles. The molecule has 0 fully saturated rings. The summed E-state index contributed by atoms with van der Waals surface area (Å²) < 4.78 is 9.61. The minimum atomic E-state index is -4.37. The van der Waals surface area contributed by atoms with Crippen LogP contribution in [0.2, 0.25) is 0 Å². The van der Waals surface area contributed by atoms with Crippen molar-refractivity contribution in [3.05, 3.63) is 69.8 Å². The molecule has 0 aliphatic heterocycles. The van der Waals surface area contributed by atoms with Gasteiger partial charge in [-0.3, -0.25) is 10.1 Å². The van der Waals surface area contributed by atoms with Gasteiger partial charge in [-0.05, 0) is 17.7 Å². The van der Waals surface area contributed by atoms with Crippen molar-refractivity contribution in [2.24, 2.45) is 0 Å². The number of benzene rings is 2. The summed E-state index contributed by atoms with van der Waals surface area (Å²) in [5.41, 5.74) is -1.67. The average molecular weight is 481 g/mol. The Morgan fingerprint density at radius 3 is 2.42 bits per heavy atom. The van der Waals surface area contributed by atoms with Crippen LogP contribution in [0.25, 0.3) is 0 Å². The second-order valence-electron chi connectivity index (χ2n) is 6.79. The fourth-order valence-electron chi connectivity index (χ4n) is 2.72. The Hall–Kier alpha value is -3.60. The molecule has 0 bridgehead atoms. The molecule has 33 heavy (non-hydrogen) atoms. The molecule has 2 rings (SSSR count). The van der Waals surface area contributed by atoms with Gasteiger partial charge in [-0.2, -0.15) is 0 Å². The molecule has 0 aromatic heterocycles. The molecule has 13 heteroatoms. The van der Waals surface area contributed by atoms with Crippen molar-refractivity contribution < 1.29 is 43.7 Å². The Bertz CT molecular complexity index is 1030. The first-order valence-electron chi connectivity index (χ1n) is 9.46. The monoisotopic (exact) mass is 481 g/mol. The normalized spacial score (nSPS) is 11.8. The minimum Gasteiger partial charge on any atom is -0.502 e.